The van der Waals surface area contributed by atoms with Gasteiger partial charge in [0.15, 0.2) is 0 Å². The van der Waals surface area contributed by atoms with Crippen molar-refractivity contribution in [2.24, 2.45) is 5.73 Å². The van der Waals surface area contributed by atoms with Crippen molar-refractivity contribution in [1.29, 1.82) is 0 Å². The Balaban J connectivity index is 1.77. The highest BCUT2D eigenvalue weighted by Crippen LogP contribution is 2.31. The summed E-state index contributed by atoms with van der Waals surface area (Å²) >= 11 is 0. The highest BCUT2D eigenvalue weighted by Gasteiger charge is 2.29. The van der Waals surface area contributed by atoms with Gasteiger partial charge in [0.05, 0.1) is 0 Å². The lowest BCUT2D eigenvalue weighted by Gasteiger charge is -2.37. The molecule has 0 spiro atoms. The van der Waals surface area contributed by atoms with Crippen LogP contribution in [0, 0.1) is 6.92 Å². The van der Waals surface area contributed by atoms with E-state index in [0.29, 0.717) is 6.04 Å². The van der Waals surface area contributed by atoms with Crippen LogP contribution < -0.4 is 5.73 Å². The van der Waals surface area contributed by atoms with Crippen LogP contribution in [-0.2, 0) is 13.0 Å². The van der Waals surface area contributed by atoms with Crippen molar-refractivity contribution in [2.75, 3.05) is 7.05 Å². The maximum atomic E-state index is 6.54. The van der Waals surface area contributed by atoms with Crippen LogP contribution in [0.15, 0.2) is 48.5 Å². The molecule has 0 saturated carbocycles. The van der Waals surface area contributed by atoms with E-state index in [1.54, 1.807) is 0 Å². The molecule has 0 fully saturated rings. The predicted molar refractivity (Wildman–Crippen MR) is 88.1 cm³/mol. The first-order valence-corrected chi connectivity index (χ1v) is 7.75. The van der Waals surface area contributed by atoms with Crippen LogP contribution in [0.1, 0.15) is 34.7 Å². The Labute approximate surface area is 127 Å². The molecule has 0 amide bonds. The number of hydrogen-bond donors (Lipinski definition) is 1. The highest BCUT2D eigenvalue weighted by molar-refractivity contribution is 5.34. The van der Waals surface area contributed by atoms with Crippen molar-refractivity contribution in [3.05, 3.63) is 70.8 Å². The summed E-state index contributed by atoms with van der Waals surface area (Å²) in [6.45, 7) is 3.15. The number of hydrogen-bond acceptors (Lipinski definition) is 2. The van der Waals surface area contributed by atoms with Crippen molar-refractivity contribution in [1.82, 2.24) is 4.90 Å². The summed E-state index contributed by atoms with van der Waals surface area (Å²) in [7, 11) is 2.20. The molecular weight excluding hydrogens is 256 g/mol. The van der Waals surface area contributed by atoms with Crippen molar-refractivity contribution >= 4 is 0 Å². The minimum Gasteiger partial charge on any atom is -0.323 e. The fourth-order valence-corrected chi connectivity index (χ4v) is 3.45. The van der Waals surface area contributed by atoms with Gasteiger partial charge in [-0.3, -0.25) is 4.90 Å². The summed E-state index contributed by atoms with van der Waals surface area (Å²) in [5.41, 5.74) is 12.0. The number of aryl methyl sites for hydroxylation is 2. The second kappa shape index (κ2) is 6.00. The molecule has 0 aromatic heterocycles. The molecule has 0 radical (unpaired) electrons. The van der Waals surface area contributed by atoms with E-state index in [1.165, 1.54) is 22.3 Å². The van der Waals surface area contributed by atoms with Gasteiger partial charge in [-0.05, 0) is 49.1 Å². The first kappa shape index (κ1) is 14.3. The molecule has 2 N–H and O–H groups in total. The number of nitrogens with two attached hydrogens (primary N) is 1. The molecule has 2 aromatic carbocycles. The number of likely N-dealkylation sites (N-methyl/N-ethyl adjacent to an activating group) is 1. The van der Waals surface area contributed by atoms with Gasteiger partial charge in [0.25, 0.3) is 0 Å². The van der Waals surface area contributed by atoms with Crippen LogP contribution in [-0.4, -0.2) is 18.0 Å². The van der Waals surface area contributed by atoms with Crippen LogP contribution in [0.4, 0.5) is 0 Å². The Kier molecular flexibility index (Phi) is 4.09. The standard InChI is InChI=1S/C19H24N2/c1-14-7-3-4-9-16(14)13-21(2)18-12-11-15-8-5-6-10-17(15)19(18)20/h3-10,18-19H,11-13,20H2,1-2H3. The van der Waals surface area contributed by atoms with E-state index in [9.17, 15) is 0 Å². The Hall–Kier alpha value is -1.64. The van der Waals surface area contributed by atoms with E-state index in [0.717, 1.165) is 19.4 Å². The quantitative estimate of drug-likeness (QED) is 0.933. The first-order valence-electron chi connectivity index (χ1n) is 7.75. The Morgan fingerprint density at radius 1 is 1.10 bits per heavy atom. The molecule has 110 valence electrons. The van der Waals surface area contributed by atoms with Crippen LogP contribution in [0.5, 0.6) is 0 Å². The van der Waals surface area contributed by atoms with Gasteiger partial charge >= 0.3 is 0 Å². The van der Waals surface area contributed by atoms with Crippen LogP contribution in [0.2, 0.25) is 0 Å². The monoisotopic (exact) mass is 280 g/mol. The van der Waals surface area contributed by atoms with Gasteiger partial charge in [0.1, 0.15) is 0 Å². The summed E-state index contributed by atoms with van der Waals surface area (Å²) in [4.78, 5) is 2.42. The fraction of sp³-hybridized carbons (Fsp3) is 0.368. The molecule has 2 unspecified atom stereocenters. The van der Waals surface area contributed by atoms with E-state index < -0.39 is 0 Å². The molecule has 1 aliphatic rings. The normalized spacial score (nSPS) is 21.3. The number of fused-ring (bicyclic) bond motifs is 1. The van der Waals surface area contributed by atoms with Crippen LogP contribution in [0.3, 0.4) is 0 Å². The van der Waals surface area contributed by atoms with Gasteiger partial charge in [-0.1, -0.05) is 48.5 Å². The van der Waals surface area contributed by atoms with Crippen molar-refractivity contribution in [2.45, 2.75) is 38.4 Å². The molecule has 2 atom stereocenters. The minimum absolute atomic E-state index is 0.115. The molecular formula is C19H24N2. The summed E-state index contributed by atoms with van der Waals surface area (Å²) in [5, 5.41) is 0. The first-order chi connectivity index (χ1) is 10.2. The van der Waals surface area contributed by atoms with Crippen molar-refractivity contribution < 1.29 is 0 Å². The van der Waals surface area contributed by atoms with Gasteiger partial charge in [0.2, 0.25) is 0 Å². The van der Waals surface area contributed by atoms with E-state index in [-0.39, 0.29) is 6.04 Å². The smallest absolute Gasteiger partial charge is 0.0455 e. The molecule has 2 aromatic rings. The van der Waals surface area contributed by atoms with Gasteiger partial charge in [-0.15, -0.1) is 0 Å². The summed E-state index contributed by atoms with van der Waals surface area (Å²) in [6, 6.07) is 17.8. The van der Waals surface area contributed by atoms with Crippen LogP contribution >= 0.6 is 0 Å². The zero-order valence-corrected chi connectivity index (χ0v) is 12.9. The van der Waals surface area contributed by atoms with E-state index >= 15 is 0 Å². The third-order valence-electron chi connectivity index (χ3n) is 4.79. The number of benzene rings is 2. The Bertz CT molecular complexity index is 620. The zero-order chi connectivity index (χ0) is 14.8. The summed E-state index contributed by atoms with van der Waals surface area (Å²) in [5.74, 6) is 0. The van der Waals surface area contributed by atoms with Crippen molar-refractivity contribution in [3.63, 3.8) is 0 Å². The highest BCUT2D eigenvalue weighted by atomic mass is 15.1. The fourth-order valence-electron chi connectivity index (χ4n) is 3.45. The molecule has 0 heterocycles. The minimum atomic E-state index is 0.115. The largest absolute Gasteiger partial charge is 0.323 e. The third-order valence-corrected chi connectivity index (χ3v) is 4.79. The second-order valence-electron chi connectivity index (χ2n) is 6.17. The van der Waals surface area contributed by atoms with Gasteiger partial charge in [-0.25, -0.2) is 0 Å². The summed E-state index contributed by atoms with van der Waals surface area (Å²) in [6.07, 6.45) is 2.27. The zero-order valence-electron chi connectivity index (χ0n) is 12.9. The summed E-state index contributed by atoms with van der Waals surface area (Å²) < 4.78 is 0. The molecule has 3 rings (SSSR count). The Morgan fingerprint density at radius 2 is 1.81 bits per heavy atom. The molecule has 0 bridgehead atoms. The van der Waals surface area contributed by atoms with Crippen LogP contribution in [0.25, 0.3) is 0 Å². The predicted octanol–water partition coefficient (Wildman–Crippen LogP) is 3.44. The molecule has 1 aliphatic carbocycles. The molecule has 21 heavy (non-hydrogen) atoms. The number of rotatable bonds is 3. The lowest BCUT2D eigenvalue weighted by atomic mass is 9.84. The molecule has 2 nitrogen and oxygen atoms in total. The van der Waals surface area contributed by atoms with Gasteiger partial charge in [-0.2, -0.15) is 0 Å². The van der Waals surface area contributed by atoms with E-state index in [2.05, 4.69) is 67.4 Å². The average Bonchev–Trinajstić information content (AvgIpc) is 2.50. The third kappa shape index (κ3) is 2.87. The topological polar surface area (TPSA) is 29.3 Å². The lowest BCUT2D eigenvalue weighted by Crippen LogP contribution is -2.43. The van der Waals surface area contributed by atoms with E-state index in [4.69, 9.17) is 5.73 Å². The maximum Gasteiger partial charge on any atom is 0.0455 e. The number of nitrogens with zero attached hydrogens (tertiary/aromatic N) is 1. The Morgan fingerprint density at radius 3 is 2.62 bits per heavy atom. The lowest BCUT2D eigenvalue weighted by molar-refractivity contribution is 0.184. The molecule has 0 saturated heterocycles. The average molecular weight is 280 g/mol. The SMILES string of the molecule is Cc1ccccc1CN(C)C1CCc2ccccc2C1N. The second-order valence-corrected chi connectivity index (χ2v) is 6.17. The van der Waals surface area contributed by atoms with Gasteiger partial charge < -0.3 is 5.73 Å². The van der Waals surface area contributed by atoms with E-state index in [1.807, 2.05) is 0 Å². The van der Waals surface area contributed by atoms with Gasteiger partial charge in [0, 0.05) is 18.6 Å². The molecule has 2 heteroatoms. The maximum absolute atomic E-state index is 6.54. The van der Waals surface area contributed by atoms with Crippen molar-refractivity contribution in [3.8, 4) is 0 Å². The molecule has 0 aliphatic heterocycles.